The van der Waals surface area contributed by atoms with E-state index in [2.05, 4.69) is 5.32 Å². The van der Waals surface area contributed by atoms with Crippen LogP contribution in [0.1, 0.15) is 18.9 Å². The summed E-state index contributed by atoms with van der Waals surface area (Å²) in [6.45, 7) is 3.04. The molecule has 5 N–H and O–H groups in total. The Bertz CT molecular complexity index is 915. The number of hydrogen-bond acceptors (Lipinski definition) is 7. The average molecular weight is 475 g/mol. The second-order valence-electron chi connectivity index (χ2n) is 6.86. The Balaban J connectivity index is 0.000000852. The van der Waals surface area contributed by atoms with Crippen molar-refractivity contribution in [3.63, 3.8) is 0 Å². The quantitative estimate of drug-likeness (QED) is 0.227. The van der Waals surface area contributed by atoms with E-state index in [4.69, 9.17) is 34.4 Å². The number of carboxylic acid groups (broad SMARTS) is 3. The molecule has 1 atom stereocenters. The van der Waals surface area contributed by atoms with E-state index >= 15 is 0 Å². The van der Waals surface area contributed by atoms with Crippen LogP contribution < -0.4 is 14.8 Å². The number of hydrogen-bond donors (Lipinski definition) is 5. The zero-order valence-electron chi connectivity index (χ0n) is 18.7. The molecular weight excluding hydrogens is 446 g/mol. The van der Waals surface area contributed by atoms with Gasteiger partial charge in [0.15, 0.2) is 6.61 Å². The standard InChI is InChI=1S/C22H27NO5.C2H2O4/c1-2-17(18-8-10-21(11-9-18)28-16-22(25)26)12-13-23-14-19(24)15-27-20-6-4-3-5-7-20;3-1(4)2(5)6/h2-11,19,23-24H,12-16H2,1H3,(H,25,26);(H,3,4)(H,5,6)/b17-2+;. The first-order valence-electron chi connectivity index (χ1n) is 10.4. The maximum absolute atomic E-state index is 10.5. The molecule has 10 heteroatoms. The van der Waals surface area contributed by atoms with Crippen LogP contribution >= 0.6 is 0 Å². The van der Waals surface area contributed by atoms with Crippen molar-refractivity contribution >= 4 is 23.5 Å². The number of carboxylic acids is 3. The molecule has 0 saturated heterocycles. The Kier molecular flexibility index (Phi) is 13.1. The summed E-state index contributed by atoms with van der Waals surface area (Å²) >= 11 is 0. The molecule has 0 bridgehead atoms. The fourth-order valence-electron chi connectivity index (χ4n) is 2.63. The van der Waals surface area contributed by atoms with Gasteiger partial charge in [-0.15, -0.1) is 0 Å². The lowest BCUT2D eigenvalue weighted by Gasteiger charge is -2.14. The molecule has 0 aromatic heterocycles. The Morgan fingerprint density at radius 3 is 2.03 bits per heavy atom. The van der Waals surface area contributed by atoms with Crippen LogP contribution in [0.2, 0.25) is 0 Å². The van der Waals surface area contributed by atoms with E-state index in [1.807, 2.05) is 55.5 Å². The molecule has 2 aromatic rings. The van der Waals surface area contributed by atoms with Gasteiger partial charge in [-0.3, -0.25) is 0 Å². The predicted octanol–water partition coefficient (Wildman–Crippen LogP) is 2.13. The molecule has 0 aliphatic carbocycles. The molecule has 0 aliphatic rings. The van der Waals surface area contributed by atoms with Crippen molar-refractivity contribution in [2.75, 3.05) is 26.3 Å². The lowest BCUT2D eigenvalue weighted by atomic mass is 10.0. The van der Waals surface area contributed by atoms with Crippen molar-refractivity contribution in [1.29, 1.82) is 0 Å². The number of ether oxygens (including phenoxy) is 2. The lowest BCUT2D eigenvalue weighted by molar-refractivity contribution is -0.159. The van der Waals surface area contributed by atoms with Crippen LogP contribution in [0.4, 0.5) is 0 Å². The maximum atomic E-state index is 10.5. The molecule has 184 valence electrons. The molecule has 0 aliphatic heterocycles. The van der Waals surface area contributed by atoms with Crippen LogP contribution in [0.25, 0.3) is 5.57 Å². The third kappa shape index (κ3) is 12.2. The second-order valence-corrected chi connectivity index (χ2v) is 6.86. The van der Waals surface area contributed by atoms with Gasteiger partial charge in [-0.05, 0) is 55.3 Å². The van der Waals surface area contributed by atoms with Crippen molar-refractivity contribution in [3.8, 4) is 11.5 Å². The van der Waals surface area contributed by atoms with E-state index in [-0.39, 0.29) is 13.2 Å². The molecule has 0 spiro atoms. The van der Waals surface area contributed by atoms with Gasteiger partial charge in [-0.25, -0.2) is 14.4 Å². The average Bonchev–Trinajstić information content (AvgIpc) is 2.83. The third-order valence-corrected chi connectivity index (χ3v) is 4.26. The molecule has 0 saturated carbocycles. The number of para-hydroxylation sites is 1. The molecular formula is C24H29NO9. The summed E-state index contributed by atoms with van der Waals surface area (Å²) in [5.74, 6) is -3.37. The fraction of sp³-hybridized carbons (Fsp3) is 0.292. The van der Waals surface area contributed by atoms with Gasteiger partial charge >= 0.3 is 17.9 Å². The number of aliphatic hydroxyl groups is 1. The summed E-state index contributed by atoms with van der Waals surface area (Å²) < 4.78 is 10.7. The number of benzene rings is 2. The monoisotopic (exact) mass is 475 g/mol. The largest absolute Gasteiger partial charge is 0.491 e. The van der Waals surface area contributed by atoms with Crippen molar-refractivity contribution in [3.05, 3.63) is 66.2 Å². The maximum Gasteiger partial charge on any atom is 0.414 e. The van der Waals surface area contributed by atoms with Crippen LogP contribution in [0.15, 0.2) is 60.7 Å². The highest BCUT2D eigenvalue weighted by atomic mass is 16.5. The Labute approximate surface area is 197 Å². The highest BCUT2D eigenvalue weighted by molar-refractivity contribution is 6.27. The van der Waals surface area contributed by atoms with Crippen LogP contribution in [-0.4, -0.2) is 70.7 Å². The Hall–Kier alpha value is -3.89. The van der Waals surface area contributed by atoms with E-state index < -0.39 is 24.0 Å². The summed E-state index contributed by atoms with van der Waals surface area (Å²) in [6.07, 6.45) is 2.27. The van der Waals surface area contributed by atoms with Gasteiger partial charge in [0.05, 0.1) is 0 Å². The molecule has 10 nitrogen and oxygen atoms in total. The van der Waals surface area contributed by atoms with E-state index in [1.165, 1.54) is 0 Å². The van der Waals surface area contributed by atoms with Crippen LogP contribution in [0.3, 0.4) is 0 Å². The number of allylic oxidation sites excluding steroid dienone is 1. The Morgan fingerprint density at radius 1 is 0.912 bits per heavy atom. The third-order valence-electron chi connectivity index (χ3n) is 4.26. The van der Waals surface area contributed by atoms with E-state index in [0.717, 1.165) is 29.9 Å². The summed E-state index contributed by atoms with van der Waals surface area (Å²) in [7, 11) is 0. The van der Waals surface area contributed by atoms with E-state index in [1.54, 1.807) is 12.1 Å². The van der Waals surface area contributed by atoms with Gasteiger partial charge in [0.2, 0.25) is 0 Å². The highest BCUT2D eigenvalue weighted by Gasteiger charge is 2.07. The summed E-state index contributed by atoms with van der Waals surface area (Å²) in [4.78, 5) is 28.7. The van der Waals surface area contributed by atoms with Crippen LogP contribution in [-0.2, 0) is 14.4 Å². The Morgan fingerprint density at radius 2 is 1.50 bits per heavy atom. The van der Waals surface area contributed by atoms with Crippen molar-refractivity contribution in [2.24, 2.45) is 0 Å². The lowest BCUT2D eigenvalue weighted by Crippen LogP contribution is -2.32. The van der Waals surface area contributed by atoms with Crippen molar-refractivity contribution in [2.45, 2.75) is 19.4 Å². The molecule has 0 amide bonds. The van der Waals surface area contributed by atoms with E-state index in [0.29, 0.717) is 12.3 Å². The first kappa shape index (κ1) is 28.1. The van der Waals surface area contributed by atoms with Crippen LogP contribution in [0.5, 0.6) is 11.5 Å². The second kappa shape index (κ2) is 15.8. The van der Waals surface area contributed by atoms with Gasteiger partial charge in [0, 0.05) is 6.54 Å². The minimum absolute atomic E-state index is 0.241. The smallest absolute Gasteiger partial charge is 0.414 e. The molecule has 2 rings (SSSR count). The first-order chi connectivity index (χ1) is 16.2. The molecule has 0 heterocycles. The topological polar surface area (TPSA) is 163 Å². The molecule has 2 aromatic carbocycles. The van der Waals surface area contributed by atoms with Gasteiger partial charge in [-0.1, -0.05) is 36.4 Å². The molecule has 1 unspecified atom stereocenters. The summed E-state index contributed by atoms with van der Waals surface area (Å²) in [6, 6.07) is 16.8. The van der Waals surface area contributed by atoms with Gasteiger partial charge in [-0.2, -0.15) is 0 Å². The van der Waals surface area contributed by atoms with Crippen molar-refractivity contribution in [1.82, 2.24) is 5.32 Å². The minimum Gasteiger partial charge on any atom is -0.491 e. The first-order valence-corrected chi connectivity index (χ1v) is 10.4. The minimum atomic E-state index is -1.82. The van der Waals surface area contributed by atoms with Gasteiger partial charge in [0.1, 0.15) is 24.2 Å². The molecule has 0 radical (unpaired) electrons. The van der Waals surface area contributed by atoms with Gasteiger partial charge in [0.25, 0.3) is 0 Å². The normalized spacial score (nSPS) is 11.5. The molecule has 0 fully saturated rings. The number of aliphatic hydroxyl groups excluding tert-OH is 1. The zero-order chi connectivity index (χ0) is 25.3. The fourth-order valence-corrected chi connectivity index (χ4v) is 2.63. The zero-order valence-corrected chi connectivity index (χ0v) is 18.7. The number of rotatable bonds is 12. The molecule has 34 heavy (non-hydrogen) atoms. The number of aliphatic carboxylic acids is 3. The predicted molar refractivity (Wildman–Crippen MR) is 124 cm³/mol. The number of carbonyl (C=O) groups is 3. The highest BCUT2D eigenvalue weighted by Crippen LogP contribution is 2.21. The van der Waals surface area contributed by atoms with E-state index in [9.17, 15) is 9.90 Å². The van der Waals surface area contributed by atoms with Gasteiger partial charge < -0.3 is 35.2 Å². The summed E-state index contributed by atoms with van der Waals surface area (Å²) in [5, 5.41) is 36.7. The van der Waals surface area contributed by atoms with Crippen molar-refractivity contribution < 1.29 is 44.3 Å². The number of nitrogens with one attached hydrogen (secondary N) is 1. The SMILES string of the molecule is C/C=C(\CCNCC(O)COc1ccccc1)c1ccc(OCC(=O)O)cc1.O=C(O)C(=O)O. The van der Waals surface area contributed by atoms with Crippen LogP contribution in [0, 0.1) is 0 Å². The summed E-state index contributed by atoms with van der Waals surface area (Å²) in [5.41, 5.74) is 2.22.